The third-order valence-electron chi connectivity index (χ3n) is 18.9. The van der Waals surface area contributed by atoms with E-state index in [4.69, 9.17) is 18.9 Å². The third kappa shape index (κ3) is 11.9. The van der Waals surface area contributed by atoms with Crippen LogP contribution in [0.25, 0.3) is 0 Å². The minimum atomic E-state index is -2.80. The summed E-state index contributed by atoms with van der Waals surface area (Å²) in [6, 6.07) is 39.7. The number of aliphatic hydroxyl groups excluding tert-OH is 3. The lowest BCUT2D eigenvalue weighted by Crippen LogP contribution is -2.52. The lowest BCUT2D eigenvalue weighted by atomic mass is 9.82. The van der Waals surface area contributed by atoms with Crippen molar-refractivity contribution in [2.45, 2.75) is 134 Å². The smallest absolute Gasteiger partial charge is 0.264 e. The summed E-state index contributed by atoms with van der Waals surface area (Å²) in [4.78, 5) is 68.6. The van der Waals surface area contributed by atoms with Gasteiger partial charge in [-0.25, -0.2) is 0 Å². The molecule has 464 valence electrons. The number of carbonyl (C=O) groups excluding carboxylic acids is 4. The number of aliphatic hydroxyl groups is 3. The van der Waals surface area contributed by atoms with E-state index in [0.717, 1.165) is 50.9 Å². The van der Waals surface area contributed by atoms with Crippen LogP contribution < -0.4 is 44.7 Å². The van der Waals surface area contributed by atoms with Gasteiger partial charge in [-0.05, 0) is 184 Å². The normalized spacial score (nSPS) is 22.2. The fourth-order valence-electron chi connectivity index (χ4n) is 14.5. The van der Waals surface area contributed by atoms with E-state index in [2.05, 4.69) is 48.9 Å². The minimum Gasteiger partial charge on any atom is -0.497 e. The average molecular weight is 1210 g/mol. The van der Waals surface area contributed by atoms with Gasteiger partial charge in [-0.3, -0.25) is 29.0 Å². The number of nitrogens with zero attached hydrogens (tertiary/aromatic N) is 4. The van der Waals surface area contributed by atoms with Crippen molar-refractivity contribution in [3.05, 3.63) is 161 Å². The molecule has 5 N–H and O–H groups in total. The number of amides is 4. The van der Waals surface area contributed by atoms with E-state index in [9.17, 15) is 20.1 Å². The van der Waals surface area contributed by atoms with Crippen LogP contribution >= 0.6 is 0 Å². The van der Waals surface area contributed by atoms with Crippen molar-refractivity contribution in [3.8, 4) is 17.2 Å². The molecule has 5 aliphatic heterocycles. The van der Waals surface area contributed by atoms with Gasteiger partial charge in [0.05, 0.1) is 89.3 Å². The molecule has 2 unspecified atom stereocenters. The molecule has 6 aromatic rings. The Bertz CT molecular complexity index is 3510. The van der Waals surface area contributed by atoms with Crippen molar-refractivity contribution in [1.82, 2.24) is 15.5 Å². The largest absolute Gasteiger partial charge is 0.497 e. The summed E-state index contributed by atoms with van der Waals surface area (Å²) in [7, 11) is -1.16. The number of hydrogen-bond donors (Lipinski definition) is 5. The first-order valence-corrected chi connectivity index (χ1v) is 34.5. The van der Waals surface area contributed by atoms with E-state index < -0.39 is 43.8 Å². The Hall–Kier alpha value is -7.42. The zero-order chi connectivity index (χ0) is 61.9. The number of carbonyl (C=O) groups is 4. The molecular weight excluding hydrogens is 1130 g/mol. The van der Waals surface area contributed by atoms with E-state index in [1.54, 1.807) is 26.7 Å². The van der Waals surface area contributed by atoms with Crippen LogP contribution in [0.3, 0.4) is 0 Å². The Labute approximate surface area is 517 Å². The highest BCUT2D eigenvalue weighted by atomic mass is 28.3. The number of ether oxygens (including phenoxy) is 4. The molecule has 88 heavy (non-hydrogen) atoms. The predicted octanol–water partition coefficient (Wildman–Crippen LogP) is 8.49. The fourth-order valence-corrected chi connectivity index (χ4v) is 18.5. The van der Waals surface area contributed by atoms with Gasteiger partial charge in [-0.1, -0.05) is 73.7 Å². The first-order valence-electron chi connectivity index (χ1n) is 31.4. The summed E-state index contributed by atoms with van der Waals surface area (Å²) in [5.41, 5.74) is 6.70. The van der Waals surface area contributed by atoms with Crippen LogP contribution in [0.2, 0.25) is 18.6 Å². The average Bonchev–Trinajstić information content (AvgIpc) is 1.53. The second-order valence-electron chi connectivity index (χ2n) is 24.5. The molecule has 6 aromatic carbocycles. The zero-order valence-corrected chi connectivity index (χ0v) is 52.5. The van der Waals surface area contributed by atoms with Crippen LogP contribution in [-0.4, -0.2) is 129 Å². The van der Waals surface area contributed by atoms with Gasteiger partial charge >= 0.3 is 0 Å². The number of rotatable bonds is 24. The standard InChI is InChI=1S/C70H84N6O11Si/c1-7-85-55-24-29-61-49(36-55)38-59(71-31-11-13-33-77)67(81)75(61)51-19-17-46(18-20-51)42-74-63-28-21-52(76-62-30-25-56(86-8-2)37-50(62)39-60(68(76)82)72-32-12-14-34-78)40-58(63)70(69(74)83)45(3)66(88(5,6)57-26-22-54(84-4)23-27-57)64(87-70)41-65(80)73-43-48-16-10-9-15-47(48)35-53(73)44-79/h9-10,15-30,36-37,40,45,53,59-60,64,66,71-72,77-79H,7-8,11-14,31-35,38-39,41-44H2,1-6H3/t45-,53-,59?,60?,64+,66-,70+/m0/s1. The number of nitrogens with one attached hydrogen (secondary N) is 2. The summed E-state index contributed by atoms with van der Waals surface area (Å²) < 4.78 is 25.2. The number of anilines is 5. The number of hydrogen-bond acceptors (Lipinski definition) is 13. The molecule has 7 atom stereocenters. The van der Waals surface area contributed by atoms with E-state index in [1.807, 2.05) is 123 Å². The summed E-state index contributed by atoms with van der Waals surface area (Å²) in [6.07, 6.45) is 3.23. The predicted molar refractivity (Wildman–Crippen MR) is 343 cm³/mol. The van der Waals surface area contributed by atoms with Gasteiger partial charge in [-0.2, -0.15) is 0 Å². The Morgan fingerprint density at radius 2 is 1.22 bits per heavy atom. The van der Waals surface area contributed by atoms with E-state index in [-0.39, 0.29) is 62.0 Å². The molecule has 0 bridgehead atoms. The van der Waals surface area contributed by atoms with Gasteiger partial charge in [0.15, 0.2) is 5.60 Å². The summed E-state index contributed by atoms with van der Waals surface area (Å²) in [5, 5.41) is 38.0. The molecule has 0 aromatic heterocycles. The molecule has 5 aliphatic rings. The summed E-state index contributed by atoms with van der Waals surface area (Å²) in [5.74, 6) is 0.884. The molecule has 4 amide bonds. The quantitative estimate of drug-likeness (QED) is 0.0286. The van der Waals surface area contributed by atoms with Crippen molar-refractivity contribution in [1.29, 1.82) is 0 Å². The maximum absolute atomic E-state index is 16.5. The highest BCUT2D eigenvalue weighted by Crippen LogP contribution is 2.61. The summed E-state index contributed by atoms with van der Waals surface area (Å²) >= 11 is 0. The Kier molecular flexibility index (Phi) is 18.9. The van der Waals surface area contributed by atoms with Crippen LogP contribution in [0.4, 0.5) is 28.4 Å². The lowest BCUT2D eigenvalue weighted by molar-refractivity contribution is -0.151. The SMILES string of the molecule is CCOc1ccc2c(c1)CC(NCCCCO)C(=O)N2c1ccc(CN2C(=O)[C@]3(O[C@H](CC(=O)N4Cc5ccccc5C[C@H]4CO)[C@@H]([Si](C)(C)c4ccc(OC)cc4)[C@@H]3C)c3cc(N4C(=O)C(NCCCCO)Cc5cc(OCC)ccc54)ccc32)cc1. The first kappa shape index (κ1) is 62.2. The number of benzene rings is 6. The van der Waals surface area contributed by atoms with Crippen molar-refractivity contribution in [2.24, 2.45) is 5.92 Å². The molecule has 0 radical (unpaired) electrons. The van der Waals surface area contributed by atoms with E-state index in [1.165, 1.54) is 0 Å². The van der Waals surface area contributed by atoms with E-state index in [0.29, 0.717) is 111 Å². The molecule has 0 aliphatic carbocycles. The number of fused-ring (bicyclic) bond motifs is 5. The van der Waals surface area contributed by atoms with Gasteiger partial charge < -0.3 is 54.7 Å². The van der Waals surface area contributed by atoms with Crippen LogP contribution in [0.15, 0.2) is 127 Å². The van der Waals surface area contributed by atoms with Crippen molar-refractivity contribution in [2.75, 3.05) is 67.9 Å². The Balaban J connectivity index is 1.01. The van der Waals surface area contributed by atoms with Gasteiger partial charge in [0.25, 0.3) is 5.91 Å². The van der Waals surface area contributed by atoms with Gasteiger partial charge in [0.2, 0.25) is 17.7 Å². The van der Waals surface area contributed by atoms with Crippen LogP contribution in [0.1, 0.15) is 86.3 Å². The maximum Gasteiger partial charge on any atom is 0.264 e. The van der Waals surface area contributed by atoms with Crippen LogP contribution in [0.5, 0.6) is 17.2 Å². The molecule has 5 heterocycles. The molecule has 18 heteroatoms. The molecule has 1 spiro atoms. The van der Waals surface area contributed by atoms with E-state index >= 15 is 14.4 Å². The Morgan fingerprint density at radius 3 is 1.78 bits per heavy atom. The van der Waals surface area contributed by atoms with Crippen LogP contribution in [0, 0.1) is 5.92 Å². The third-order valence-corrected chi connectivity index (χ3v) is 23.3. The maximum atomic E-state index is 16.5. The monoisotopic (exact) mass is 1210 g/mol. The fraction of sp³-hybridized carbons (Fsp3) is 0.429. The first-order chi connectivity index (χ1) is 42.7. The number of unbranched alkanes of at least 4 members (excludes halogenated alkanes) is 2. The van der Waals surface area contributed by atoms with Crippen molar-refractivity contribution < 1.29 is 53.4 Å². The molecule has 0 saturated carbocycles. The molecule has 17 nitrogen and oxygen atoms in total. The van der Waals surface area contributed by atoms with Crippen molar-refractivity contribution in [3.63, 3.8) is 0 Å². The second kappa shape index (κ2) is 26.7. The zero-order valence-electron chi connectivity index (χ0n) is 51.5. The topological polar surface area (TPSA) is 203 Å². The van der Waals surface area contributed by atoms with Crippen LogP contribution in [-0.2, 0) is 61.9 Å². The second-order valence-corrected chi connectivity index (χ2v) is 29.2. The lowest BCUT2D eigenvalue weighted by Gasteiger charge is -2.39. The molecule has 11 rings (SSSR count). The number of methoxy groups -OCH3 is 1. The molecular formula is C70H84N6O11Si. The minimum absolute atomic E-state index is 0.0418. The van der Waals surface area contributed by atoms with Gasteiger partial charge in [0.1, 0.15) is 17.2 Å². The van der Waals surface area contributed by atoms with Crippen molar-refractivity contribution >= 4 is 65.3 Å². The highest BCUT2D eigenvalue weighted by Gasteiger charge is 2.67. The van der Waals surface area contributed by atoms with Gasteiger partial charge in [-0.15, -0.1) is 0 Å². The molecule has 1 fully saturated rings. The molecule has 1 saturated heterocycles. The highest BCUT2D eigenvalue weighted by molar-refractivity contribution is 6.91. The summed E-state index contributed by atoms with van der Waals surface area (Å²) in [6.45, 7) is 13.0. The Morgan fingerprint density at radius 1 is 0.659 bits per heavy atom. The van der Waals surface area contributed by atoms with Gasteiger partial charge in [0, 0.05) is 42.6 Å².